The molecule has 1 amide bonds. The monoisotopic (exact) mass is 466 g/mol. The Morgan fingerprint density at radius 3 is 2.74 bits per heavy atom. The molecule has 0 unspecified atom stereocenters. The predicted molar refractivity (Wildman–Crippen MR) is 143 cm³/mol. The van der Waals surface area contributed by atoms with E-state index in [0.717, 1.165) is 48.7 Å². The van der Waals surface area contributed by atoms with Crippen LogP contribution in [0.5, 0.6) is 0 Å². The Balaban J connectivity index is 1.37. The van der Waals surface area contributed by atoms with Crippen molar-refractivity contribution >= 4 is 45.9 Å². The zero-order chi connectivity index (χ0) is 24.4. The Kier molecular flexibility index (Phi) is 6.20. The summed E-state index contributed by atoms with van der Waals surface area (Å²) in [5.74, 6) is 0.673. The van der Waals surface area contributed by atoms with Gasteiger partial charge in [0.25, 0.3) is 5.91 Å². The fourth-order valence-corrected chi connectivity index (χ4v) is 4.67. The van der Waals surface area contributed by atoms with Gasteiger partial charge >= 0.3 is 0 Å². The van der Waals surface area contributed by atoms with E-state index in [4.69, 9.17) is 5.73 Å². The number of benzene rings is 2. The summed E-state index contributed by atoms with van der Waals surface area (Å²) in [6.07, 6.45) is 6.95. The number of nitrogen functional groups attached to an aromatic ring is 1. The van der Waals surface area contributed by atoms with Crippen LogP contribution >= 0.6 is 0 Å². The van der Waals surface area contributed by atoms with Crippen LogP contribution in [-0.2, 0) is 0 Å². The van der Waals surface area contributed by atoms with Crippen LogP contribution in [0.25, 0.3) is 16.3 Å². The molecule has 178 valence electrons. The Morgan fingerprint density at radius 2 is 1.97 bits per heavy atom. The van der Waals surface area contributed by atoms with Crippen LogP contribution in [0.2, 0.25) is 0 Å². The van der Waals surface area contributed by atoms with E-state index in [0.29, 0.717) is 34.2 Å². The van der Waals surface area contributed by atoms with E-state index < -0.39 is 0 Å². The summed E-state index contributed by atoms with van der Waals surface area (Å²) >= 11 is 0. The van der Waals surface area contributed by atoms with Crippen molar-refractivity contribution < 1.29 is 4.79 Å². The fraction of sp³-hybridized carbons (Fsp3) is 0.222. The maximum Gasteiger partial charge on any atom is 0.259 e. The van der Waals surface area contributed by atoms with Gasteiger partial charge in [0, 0.05) is 40.4 Å². The Morgan fingerprint density at radius 1 is 1.17 bits per heavy atom. The topological polar surface area (TPSA) is 121 Å². The number of rotatable bonds is 6. The van der Waals surface area contributed by atoms with Crippen molar-refractivity contribution in [1.29, 1.82) is 0 Å². The summed E-state index contributed by atoms with van der Waals surface area (Å²) in [6, 6.07) is 14.5. The molecule has 8 nitrogen and oxygen atoms in total. The molecule has 0 atom stereocenters. The number of nitrogens with zero attached hydrogens (tertiary/aromatic N) is 3. The quantitative estimate of drug-likeness (QED) is 0.237. The van der Waals surface area contributed by atoms with E-state index in [1.165, 1.54) is 5.56 Å². The molecule has 5 rings (SSSR count). The molecule has 1 aliphatic heterocycles. The van der Waals surface area contributed by atoms with Gasteiger partial charge in [-0.15, -0.1) is 0 Å². The highest BCUT2D eigenvalue weighted by Gasteiger charge is 2.21. The summed E-state index contributed by atoms with van der Waals surface area (Å²) < 4.78 is 0. The predicted octanol–water partition coefficient (Wildman–Crippen LogP) is 4.94. The van der Waals surface area contributed by atoms with Crippen LogP contribution in [0, 0.1) is 0 Å². The summed E-state index contributed by atoms with van der Waals surface area (Å²) in [5, 5.41) is 16.6. The third kappa shape index (κ3) is 4.74. The van der Waals surface area contributed by atoms with Crippen LogP contribution in [0.15, 0.2) is 60.9 Å². The Labute approximate surface area is 204 Å². The zero-order valence-electron chi connectivity index (χ0n) is 19.6. The molecule has 0 bridgehead atoms. The van der Waals surface area contributed by atoms with Crippen molar-refractivity contribution in [2.24, 2.45) is 0 Å². The lowest BCUT2D eigenvalue weighted by atomic mass is 9.89. The lowest BCUT2D eigenvalue weighted by molar-refractivity contribution is 0.102. The number of nitrogens with one attached hydrogen (secondary N) is 3. The molecule has 1 aliphatic rings. The van der Waals surface area contributed by atoms with Gasteiger partial charge in [0.1, 0.15) is 5.82 Å². The molecule has 3 heterocycles. The van der Waals surface area contributed by atoms with E-state index in [2.05, 4.69) is 38.7 Å². The summed E-state index contributed by atoms with van der Waals surface area (Å²) in [7, 11) is 2.17. The van der Waals surface area contributed by atoms with Crippen molar-refractivity contribution in [2.75, 3.05) is 36.5 Å². The second-order valence-electron chi connectivity index (χ2n) is 9.03. The molecular formula is C27H28N7O-. The number of fused-ring (bicyclic) bond motifs is 1. The normalized spacial score (nSPS) is 14.7. The molecule has 1 saturated heterocycles. The van der Waals surface area contributed by atoms with Crippen molar-refractivity contribution in [3.05, 3.63) is 83.0 Å². The van der Waals surface area contributed by atoms with Crippen molar-refractivity contribution in [3.63, 3.8) is 0 Å². The van der Waals surface area contributed by atoms with E-state index >= 15 is 0 Å². The average molecular weight is 467 g/mol. The van der Waals surface area contributed by atoms with Crippen LogP contribution in [0.1, 0.15) is 40.2 Å². The number of aromatic nitrogens is 2. The maximum absolute atomic E-state index is 13.2. The molecule has 0 spiro atoms. The second kappa shape index (κ2) is 9.60. The lowest BCUT2D eigenvalue weighted by Gasteiger charge is -2.28. The third-order valence-corrected chi connectivity index (χ3v) is 6.67. The van der Waals surface area contributed by atoms with Gasteiger partial charge in [0.2, 0.25) is 0 Å². The molecule has 0 saturated carbocycles. The highest BCUT2D eigenvalue weighted by atomic mass is 16.1. The number of hydrogen-bond acceptors (Lipinski definition) is 5. The number of pyridine rings is 1. The van der Waals surface area contributed by atoms with E-state index in [1.54, 1.807) is 36.5 Å². The third-order valence-electron chi connectivity index (χ3n) is 6.67. The first-order valence-corrected chi connectivity index (χ1v) is 11.7. The first kappa shape index (κ1) is 22.6. The zero-order valence-corrected chi connectivity index (χ0v) is 19.6. The minimum Gasteiger partial charge on any atom is -0.810 e. The first-order valence-electron chi connectivity index (χ1n) is 11.7. The molecule has 0 aliphatic carbocycles. The second-order valence-corrected chi connectivity index (χ2v) is 9.03. The van der Waals surface area contributed by atoms with Crippen molar-refractivity contribution in [3.8, 4) is 0 Å². The molecule has 5 N–H and O–H groups in total. The van der Waals surface area contributed by atoms with E-state index in [-0.39, 0.29) is 5.91 Å². The number of nitrogens with two attached hydrogens (primary N) is 1. The molecule has 1 fully saturated rings. The molecule has 2 aromatic heterocycles. The van der Waals surface area contributed by atoms with Gasteiger partial charge in [0.15, 0.2) is 0 Å². The Hall–Kier alpha value is -4.17. The van der Waals surface area contributed by atoms with Crippen molar-refractivity contribution in [1.82, 2.24) is 14.9 Å². The minimum atomic E-state index is -0.260. The van der Waals surface area contributed by atoms with Gasteiger partial charge in [0.05, 0.1) is 5.56 Å². The fourth-order valence-electron chi connectivity index (χ4n) is 4.67. The number of amides is 1. The number of likely N-dealkylation sites (tertiary alicyclic amines) is 1. The number of aromatic amines is 1. The molecule has 35 heavy (non-hydrogen) atoms. The van der Waals surface area contributed by atoms with Crippen LogP contribution in [0.4, 0.5) is 22.9 Å². The number of hydrogen-bond donors (Lipinski definition) is 4. The van der Waals surface area contributed by atoms with Gasteiger partial charge in [-0.1, -0.05) is 6.07 Å². The lowest BCUT2D eigenvalue weighted by Crippen LogP contribution is -2.29. The molecule has 8 heteroatoms. The SMILES string of the molecule is CN1CCC(c2c[nH]c3ccc(NC(=O)c4cccnc4Nc4ccc(C=[N-])c(N)c4)cc23)CC1. The van der Waals surface area contributed by atoms with Crippen LogP contribution < -0.4 is 16.4 Å². The average Bonchev–Trinajstić information content (AvgIpc) is 3.28. The summed E-state index contributed by atoms with van der Waals surface area (Å²) in [5.41, 5.74) is 11.1. The molecule has 4 aromatic rings. The summed E-state index contributed by atoms with van der Waals surface area (Å²) in [4.78, 5) is 23.3. The molecular weight excluding hydrogens is 438 g/mol. The number of H-pyrrole nitrogens is 1. The van der Waals surface area contributed by atoms with Crippen molar-refractivity contribution in [2.45, 2.75) is 18.8 Å². The number of carbonyl (C=O) groups is 1. The minimum absolute atomic E-state index is 0.260. The first-order chi connectivity index (χ1) is 17.0. The number of carbonyl (C=O) groups excluding carboxylic acids is 1. The molecule has 0 radical (unpaired) electrons. The van der Waals surface area contributed by atoms with Gasteiger partial charge in [-0.3, -0.25) is 4.79 Å². The number of anilines is 4. The standard InChI is InChI=1S/C27H28N7O/c1-34-11-8-17(9-12-34)23-16-31-25-7-6-19(13-22(23)25)33-27(35)21-3-2-10-30-26(21)32-20-5-4-18(15-28)24(29)14-20/h2-7,10,13-17,31H,8-9,11-12,29H2,1H3,(H,30,32)(H,33,35)/q-1. The Bertz CT molecular complexity index is 1390. The van der Waals surface area contributed by atoms with Crippen LogP contribution in [0.3, 0.4) is 0 Å². The smallest absolute Gasteiger partial charge is 0.259 e. The van der Waals surface area contributed by atoms with Gasteiger partial charge in [-0.05, 0) is 92.5 Å². The molecule has 2 aromatic carbocycles. The van der Waals surface area contributed by atoms with Crippen LogP contribution in [-0.4, -0.2) is 47.1 Å². The maximum atomic E-state index is 13.2. The van der Waals surface area contributed by atoms with Gasteiger partial charge < -0.3 is 31.7 Å². The highest BCUT2D eigenvalue weighted by molar-refractivity contribution is 6.08. The number of piperidine rings is 1. The van der Waals surface area contributed by atoms with Gasteiger partial charge in [-0.25, -0.2) is 4.98 Å². The summed E-state index contributed by atoms with van der Waals surface area (Å²) in [6.45, 7) is 2.19. The van der Waals surface area contributed by atoms with Gasteiger partial charge in [-0.2, -0.15) is 6.21 Å². The largest absolute Gasteiger partial charge is 0.810 e. The highest BCUT2D eigenvalue weighted by Crippen LogP contribution is 2.34. The van der Waals surface area contributed by atoms with E-state index in [9.17, 15) is 10.2 Å². The van der Waals surface area contributed by atoms with E-state index in [1.807, 2.05) is 18.2 Å².